The monoisotopic (exact) mass is 534 g/mol. The van der Waals surface area contributed by atoms with Crippen molar-refractivity contribution < 1.29 is 18.3 Å². The standard InChI is InChI=1S/C29H34N4O4S/c1-38(36,37)33-19-24-16-25(29(35)31-17-20-7-3-2-4-8-20)32-28(27(24)26(33)12-14-34)22-10-5-9-21(15-22)23-11-6-13-30-18-23/h5-6,9-11,13,15-16,18,20,26,34H,2-4,7-8,12,14,17,19H2,1H3,(H,31,35)/t26-/m1/s1. The number of aliphatic hydroxyl groups is 1. The van der Waals surface area contributed by atoms with Gasteiger partial charge in [-0.1, -0.05) is 43.5 Å². The van der Waals surface area contributed by atoms with Crippen molar-refractivity contribution in [2.45, 2.75) is 51.1 Å². The minimum atomic E-state index is -3.56. The van der Waals surface area contributed by atoms with Crippen LogP contribution in [0.3, 0.4) is 0 Å². The van der Waals surface area contributed by atoms with Crippen molar-refractivity contribution >= 4 is 15.9 Å². The van der Waals surface area contributed by atoms with Crippen LogP contribution in [0.15, 0.2) is 54.9 Å². The van der Waals surface area contributed by atoms with Gasteiger partial charge in [-0.3, -0.25) is 9.78 Å². The van der Waals surface area contributed by atoms with Crippen LogP contribution in [0.4, 0.5) is 0 Å². The van der Waals surface area contributed by atoms with E-state index in [2.05, 4.69) is 10.3 Å². The molecule has 3 heterocycles. The summed E-state index contributed by atoms with van der Waals surface area (Å²) < 4.78 is 26.8. The summed E-state index contributed by atoms with van der Waals surface area (Å²) >= 11 is 0. The van der Waals surface area contributed by atoms with Crippen molar-refractivity contribution in [3.8, 4) is 22.4 Å². The molecule has 8 nitrogen and oxygen atoms in total. The Bertz CT molecular complexity index is 1410. The maximum absolute atomic E-state index is 13.3. The summed E-state index contributed by atoms with van der Waals surface area (Å²) in [6.45, 7) is 0.584. The zero-order valence-electron chi connectivity index (χ0n) is 21.6. The molecule has 1 aromatic carbocycles. The molecule has 5 rings (SSSR count). The van der Waals surface area contributed by atoms with Gasteiger partial charge in [0.25, 0.3) is 5.91 Å². The summed E-state index contributed by atoms with van der Waals surface area (Å²) in [5, 5.41) is 12.9. The number of amides is 1. The number of sulfonamides is 1. The first-order valence-corrected chi connectivity index (χ1v) is 15.1. The number of aromatic nitrogens is 2. The van der Waals surface area contributed by atoms with Crippen LogP contribution in [0.5, 0.6) is 0 Å². The molecule has 38 heavy (non-hydrogen) atoms. The molecule has 0 bridgehead atoms. The molecule has 200 valence electrons. The van der Waals surface area contributed by atoms with Crippen LogP contribution >= 0.6 is 0 Å². The Morgan fingerprint density at radius 3 is 2.55 bits per heavy atom. The predicted molar refractivity (Wildman–Crippen MR) is 147 cm³/mol. The fraction of sp³-hybridized carbons (Fsp3) is 0.414. The minimum Gasteiger partial charge on any atom is -0.396 e. The van der Waals surface area contributed by atoms with E-state index in [4.69, 9.17) is 4.98 Å². The normalized spacial score (nSPS) is 18.3. The smallest absolute Gasteiger partial charge is 0.269 e. The maximum Gasteiger partial charge on any atom is 0.269 e. The first-order chi connectivity index (χ1) is 18.3. The van der Waals surface area contributed by atoms with E-state index < -0.39 is 16.1 Å². The van der Waals surface area contributed by atoms with E-state index in [-0.39, 0.29) is 31.2 Å². The Balaban J connectivity index is 1.57. The number of aliphatic hydroxyl groups excluding tert-OH is 1. The largest absolute Gasteiger partial charge is 0.396 e. The highest BCUT2D eigenvalue weighted by Gasteiger charge is 2.39. The lowest BCUT2D eigenvalue weighted by atomic mass is 9.89. The van der Waals surface area contributed by atoms with E-state index in [1.165, 1.54) is 29.8 Å². The molecule has 0 spiro atoms. The predicted octanol–water partition coefficient (Wildman–Crippen LogP) is 4.32. The SMILES string of the molecule is CS(=O)(=O)N1Cc2cc(C(=O)NCC3CCCCC3)nc(-c3cccc(-c4cccnc4)c3)c2[C@H]1CCO. The van der Waals surface area contributed by atoms with E-state index in [0.29, 0.717) is 18.2 Å². The number of nitrogens with one attached hydrogen (secondary N) is 1. The molecule has 2 aliphatic rings. The number of carbonyl (C=O) groups excluding carboxylic acids is 1. The summed E-state index contributed by atoms with van der Waals surface area (Å²) in [6, 6.07) is 12.8. The third kappa shape index (κ3) is 5.65. The van der Waals surface area contributed by atoms with Crippen molar-refractivity contribution in [1.29, 1.82) is 0 Å². The molecule has 2 aromatic heterocycles. The van der Waals surface area contributed by atoms with Gasteiger partial charge >= 0.3 is 0 Å². The summed E-state index contributed by atoms with van der Waals surface area (Å²) in [7, 11) is -3.56. The first-order valence-electron chi connectivity index (χ1n) is 13.3. The number of rotatable bonds is 8. The zero-order chi connectivity index (χ0) is 26.7. The van der Waals surface area contributed by atoms with E-state index in [1.807, 2.05) is 36.4 Å². The minimum absolute atomic E-state index is 0.138. The lowest BCUT2D eigenvalue weighted by Crippen LogP contribution is -2.31. The lowest BCUT2D eigenvalue weighted by molar-refractivity contribution is 0.0938. The van der Waals surface area contributed by atoms with Gasteiger partial charge in [-0.2, -0.15) is 4.31 Å². The van der Waals surface area contributed by atoms with Gasteiger partial charge in [-0.15, -0.1) is 0 Å². The molecule has 1 fully saturated rings. The zero-order valence-corrected chi connectivity index (χ0v) is 22.5. The van der Waals surface area contributed by atoms with Crippen molar-refractivity contribution in [1.82, 2.24) is 19.6 Å². The number of hydrogen-bond donors (Lipinski definition) is 2. The van der Waals surface area contributed by atoms with Crippen molar-refractivity contribution in [2.75, 3.05) is 19.4 Å². The highest BCUT2D eigenvalue weighted by atomic mass is 32.2. The summed E-state index contributed by atoms with van der Waals surface area (Å²) in [5.74, 6) is 0.229. The molecule has 1 amide bonds. The number of hydrogen-bond acceptors (Lipinski definition) is 6. The number of pyridine rings is 2. The number of carbonyl (C=O) groups is 1. The molecule has 3 aromatic rings. The van der Waals surface area contributed by atoms with E-state index >= 15 is 0 Å². The average Bonchev–Trinajstić information content (AvgIpc) is 3.31. The van der Waals surface area contributed by atoms with Crippen molar-refractivity contribution in [3.63, 3.8) is 0 Å². The second kappa shape index (κ2) is 11.3. The molecule has 0 saturated heterocycles. The summed E-state index contributed by atoms with van der Waals surface area (Å²) in [4.78, 5) is 22.3. The quantitative estimate of drug-likeness (QED) is 0.445. The van der Waals surface area contributed by atoms with Gasteiger partial charge < -0.3 is 10.4 Å². The molecule has 1 atom stereocenters. The summed E-state index contributed by atoms with van der Waals surface area (Å²) in [6.07, 6.45) is 10.8. The van der Waals surface area contributed by atoms with Crippen molar-refractivity contribution in [2.24, 2.45) is 5.92 Å². The molecule has 0 unspecified atom stereocenters. The highest BCUT2D eigenvalue weighted by molar-refractivity contribution is 7.88. The van der Waals surface area contributed by atoms with Crippen molar-refractivity contribution in [3.05, 3.63) is 71.7 Å². The van der Waals surface area contributed by atoms with Gasteiger partial charge in [0.2, 0.25) is 10.0 Å². The lowest BCUT2D eigenvalue weighted by Gasteiger charge is -2.23. The third-order valence-corrected chi connectivity index (χ3v) is 8.85. The number of benzene rings is 1. The Morgan fingerprint density at radius 2 is 1.84 bits per heavy atom. The maximum atomic E-state index is 13.3. The van der Waals surface area contributed by atoms with Gasteiger partial charge in [-0.25, -0.2) is 13.4 Å². The molecular formula is C29H34N4O4S. The Hall–Kier alpha value is -3.14. The molecule has 0 radical (unpaired) electrons. The van der Waals surface area contributed by atoms with Crippen LogP contribution in [-0.2, 0) is 16.6 Å². The van der Waals surface area contributed by atoms with Crippen LogP contribution in [0.25, 0.3) is 22.4 Å². The van der Waals surface area contributed by atoms with Crippen LogP contribution in [0.1, 0.15) is 66.2 Å². The second-order valence-corrected chi connectivity index (χ2v) is 12.2. The van der Waals surface area contributed by atoms with E-state index in [1.54, 1.807) is 18.5 Å². The average molecular weight is 535 g/mol. The first kappa shape index (κ1) is 26.5. The van der Waals surface area contributed by atoms with Gasteiger partial charge in [-0.05, 0) is 54.5 Å². The molecule has 1 aliphatic carbocycles. The van der Waals surface area contributed by atoms with Gasteiger partial charge in [0.1, 0.15) is 5.69 Å². The summed E-state index contributed by atoms with van der Waals surface area (Å²) in [5.41, 5.74) is 5.00. The molecular weight excluding hydrogens is 500 g/mol. The van der Waals surface area contributed by atoms with Gasteiger partial charge in [0.15, 0.2) is 0 Å². The second-order valence-electron chi connectivity index (χ2n) is 10.3. The number of nitrogens with zero attached hydrogens (tertiary/aromatic N) is 3. The Kier molecular flexibility index (Phi) is 7.88. The Labute approximate surface area is 224 Å². The Morgan fingerprint density at radius 1 is 1.08 bits per heavy atom. The topological polar surface area (TPSA) is 112 Å². The fourth-order valence-corrected chi connectivity index (χ4v) is 6.77. The van der Waals surface area contributed by atoms with Crippen LogP contribution < -0.4 is 5.32 Å². The fourth-order valence-electron chi connectivity index (χ4n) is 5.73. The molecule has 1 aliphatic heterocycles. The molecule has 9 heteroatoms. The third-order valence-electron chi connectivity index (χ3n) is 7.62. The van der Waals surface area contributed by atoms with E-state index in [0.717, 1.165) is 40.7 Å². The highest BCUT2D eigenvalue weighted by Crippen LogP contribution is 2.43. The van der Waals surface area contributed by atoms with Crippen LogP contribution in [-0.4, -0.2) is 53.1 Å². The van der Waals surface area contributed by atoms with E-state index in [9.17, 15) is 18.3 Å². The van der Waals surface area contributed by atoms with Crippen LogP contribution in [0.2, 0.25) is 0 Å². The number of fused-ring (bicyclic) bond motifs is 1. The molecule has 2 N–H and O–H groups in total. The van der Waals surface area contributed by atoms with Gasteiger partial charge in [0, 0.05) is 48.8 Å². The van der Waals surface area contributed by atoms with Gasteiger partial charge in [0.05, 0.1) is 18.0 Å². The molecule has 1 saturated carbocycles. The van der Waals surface area contributed by atoms with Crippen LogP contribution in [0, 0.1) is 5.92 Å².